The van der Waals surface area contributed by atoms with Crippen molar-refractivity contribution in [3.05, 3.63) is 310 Å². The van der Waals surface area contributed by atoms with E-state index < -0.39 is 23.4 Å². The van der Waals surface area contributed by atoms with E-state index in [1.807, 2.05) is 149 Å². The molecule has 10 aromatic rings. The standard InChI is InChI=1S/C30H29FN4O.C25H28FN3O2.C17H18ClFN2O2.C8H11N/c1-22(24-7-3-2-4-8-24)33-29-19-28(15-17-32-29)35(20-23-11-13-27(31)14-12-23)30(36)34-18-16-25-9-5-6-10-26(25)21-34;1-18(20-8-6-5-7-9-20)28-23-16-22(14-15-27-23)29(24(30)31-25(2,3)4)17-19-10-12-21(26)13-11-19;1-17(2,3)23-16(22)21(14-8-9-20-15(18)10-14)11-12-4-6-13(19)7-5-12;1-7(9)8-5-3-2-4-6-8/h2-15,17,19,22H,16,18,20-21H2,1H3,(H,32,33);5-16,18H,17H2,1-4H3,(H,27,28);4-10H,11H2,1-3H3;2-7H,9H2,1H3/t22-;18-;;7-/m00.0/s1. The quantitative estimate of drug-likeness (QED) is 0.0787. The molecule has 3 atom stereocenters. The van der Waals surface area contributed by atoms with Gasteiger partial charge in [0.15, 0.2) is 0 Å². The number of fused-ring (bicyclic) bond motifs is 1. The first-order valence-corrected chi connectivity index (χ1v) is 33.1. The molecule has 0 spiro atoms. The Morgan fingerprint density at radius 3 is 1.22 bits per heavy atom. The Morgan fingerprint density at radius 1 is 0.485 bits per heavy atom. The Hall–Kier alpha value is -10.6. The van der Waals surface area contributed by atoms with Crippen LogP contribution in [0.5, 0.6) is 0 Å². The van der Waals surface area contributed by atoms with E-state index in [1.54, 1.807) is 92.7 Å². The van der Waals surface area contributed by atoms with Crippen molar-refractivity contribution in [1.29, 1.82) is 0 Å². The van der Waals surface area contributed by atoms with Gasteiger partial charge in [-0.1, -0.05) is 163 Å². The van der Waals surface area contributed by atoms with Crippen LogP contribution in [-0.4, -0.2) is 55.8 Å². The maximum atomic E-state index is 13.9. The van der Waals surface area contributed by atoms with Gasteiger partial charge in [0.05, 0.1) is 36.7 Å². The average molecular weight is 1360 g/mol. The van der Waals surface area contributed by atoms with E-state index in [2.05, 4.69) is 56.8 Å². The van der Waals surface area contributed by atoms with E-state index in [4.69, 9.17) is 26.8 Å². The summed E-state index contributed by atoms with van der Waals surface area (Å²) in [6.07, 6.45) is 4.71. The Morgan fingerprint density at radius 2 is 0.838 bits per heavy atom. The van der Waals surface area contributed by atoms with Gasteiger partial charge in [0.25, 0.3) is 0 Å². The van der Waals surface area contributed by atoms with Gasteiger partial charge in [-0.3, -0.25) is 14.7 Å². The molecule has 4 heterocycles. The first kappa shape index (κ1) is 74.2. The highest BCUT2D eigenvalue weighted by Crippen LogP contribution is 2.30. The number of nitrogens with two attached hydrogens (primary N) is 1. The molecular formula is C80H86ClF3N10O5. The zero-order valence-electron chi connectivity index (χ0n) is 57.3. The number of urea groups is 1. The number of nitrogens with zero attached hydrogens (tertiary/aromatic N) is 7. The van der Waals surface area contributed by atoms with Crippen molar-refractivity contribution < 1.29 is 37.0 Å². The third-order valence-corrected chi connectivity index (χ3v) is 15.6. The summed E-state index contributed by atoms with van der Waals surface area (Å²) in [5, 5.41) is 7.09. The Bertz CT molecular complexity index is 4170. The van der Waals surface area contributed by atoms with Gasteiger partial charge in [0.2, 0.25) is 0 Å². The first-order valence-electron chi connectivity index (χ1n) is 32.7. The second-order valence-electron chi connectivity index (χ2n) is 25.7. The number of carbonyl (C=O) groups excluding carboxylic acids is 3. The van der Waals surface area contributed by atoms with Crippen LogP contribution >= 0.6 is 11.6 Å². The molecule has 0 fully saturated rings. The fourth-order valence-corrected chi connectivity index (χ4v) is 10.5. The van der Waals surface area contributed by atoms with Crippen LogP contribution in [0.15, 0.2) is 243 Å². The highest BCUT2D eigenvalue weighted by molar-refractivity contribution is 6.29. The number of anilines is 5. The molecule has 11 rings (SSSR count). The molecule has 4 N–H and O–H groups in total. The molecule has 1 aliphatic heterocycles. The molecule has 15 nitrogen and oxygen atoms in total. The number of halogens is 4. The monoisotopic (exact) mass is 1360 g/mol. The van der Waals surface area contributed by atoms with Crippen molar-refractivity contribution in [3.63, 3.8) is 0 Å². The fraction of sp³-hybridized carbons (Fsp3) is 0.250. The molecule has 99 heavy (non-hydrogen) atoms. The van der Waals surface area contributed by atoms with Crippen molar-refractivity contribution in [1.82, 2.24) is 19.9 Å². The lowest BCUT2D eigenvalue weighted by Gasteiger charge is -2.34. The van der Waals surface area contributed by atoms with Crippen molar-refractivity contribution in [3.8, 4) is 0 Å². The topological polar surface area (TPSA) is 171 Å². The summed E-state index contributed by atoms with van der Waals surface area (Å²) >= 11 is 5.91. The van der Waals surface area contributed by atoms with Gasteiger partial charge < -0.3 is 30.7 Å². The third-order valence-electron chi connectivity index (χ3n) is 15.4. The van der Waals surface area contributed by atoms with Gasteiger partial charge in [0, 0.05) is 61.9 Å². The molecule has 0 saturated carbocycles. The average Bonchev–Trinajstić information content (AvgIpc) is 0.834. The Labute approximate surface area is 584 Å². The van der Waals surface area contributed by atoms with E-state index in [1.165, 1.54) is 69.1 Å². The van der Waals surface area contributed by atoms with Crippen LogP contribution < -0.4 is 31.1 Å². The second-order valence-corrected chi connectivity index (χ2v) is 26.1. The van der Waals surface area contributed by atoms with Crippen molar-refractivity contribution >= 4 is 58.5 Å². The summed E-state index contributed by atoms with van der Waals surface area (Å²) in [6.45, 7) is 19.0. The van der Waals surface area contributed by atoms with Gasteiger partial charge >= 0.3 is 18.2 Å². The van der Waals surface area contributed by atoms with Crippen LogP contribution in [-0.2, 0) is 42.1 Å². The van der Waals surface area contributed by atoms with Crippen LogP contribution in [0.2, 0.25) is 5.15 Å². The number of pyridine rings is 3. The summed E-state index contributed by atoms with van der Waals surface area (Å²) in [7, 11) is 0. The highest BCUT2D eigenvalue weighted by Gasteiger charge is 2.29. The molecule has 514 valence electrons. The summed E-state index contributed by atoms with van der Waals surface area (Å²) in [5.74, 6) is 0.378. The molecular weight excluding hydrogens is 1270 g/mol. The van der Waals surface area contributed by atoms with Gasteiger partial charge in [-0.2, -0.15) is 0 Å². The predicted molar refractivity (Wildman–Crippen MR) is 390 cm³/mol. The van der Waals surface area contributed by atoms with E-state index in [-0.39, 0.29) is 59.9 Å². The number of benzene rings is 7. The smallest absolute Gasteiger partial charge is 0.415 e. The van der Waals surface area contributed by atoms with E-state index in [0.717, 1.165) is 39.9 Å². The minimum absolute atomic E-state index is 0.0380. The zero-order valence-corrected chi connectivity index (χ0v) is 58.1. The van der Waals surface area contributed by atoms with Crippen molar-refractivity contribution in [2.45, 2.75) is 124 Å². The van der Waals surface area contributed by atoms with Crippen LogP contribution in [0.25, 0.3) is 0 Å². The normalized spacial score (nSPS) is 12.5. The van der Waals surface area contributed by atoms with Crippen molar-refractivity contribution in [2.24, 2.45) is 5.73 Å². The Balaban J connectivity index is 0.000000181. The number of aromatic nitrogens is 3. The number of amides is 4. The zero-order chi connectivity index (χ0) is 71.1. The van der Waals surface area contributed by atoms with Crippen LogP contribution in [0.3, 0.4) is 0 Å². The van der Waals surface area contributed by atoms with Gasteiger partial charge in [0.1, 0.15) is 45.4 Å². The van der Waals surface area contributed by atoms with Gasteiger partial charge in [-0.05, 0) is 174 Å². The second kappa shape index (κ2) is 35.6. The SMILES string of the molecule is CC(C)(C)OC(=O)N(Cc1ccc(F)cc1)c1ccnc(Cl)c1.C[C@H](N)c1ccccc1.C[C@H](Nc1cc(N(Cc2ccc(F)cc2)C(=O)N2CCc3ccccc3C2)ccn1)c1ccccc1.C[C@H](Nc1cc(N(Cc2ccc(F)cc2)C(=O)OC(C)(C)C)ccn1)c1ccccc1. The molecule has 0 aliphatic carbocycles. The molecule has 4 amide bonds. The third kappa shape index (κ3) is 23.9. The highest BCUT2D eigenvalue weighted by atomic mass is 35.5. The molecule has 0 unspecified atom stereocenters. The number of hydrogen-bond donors (Lipinski definition) is 3. The van der Waals surface area contributed by atoms with Crippen LogP contribution in [0, 0.1) is 17.5 Å². The minimum atomic E-state index is -0.645. The number of ether oxygens (including phenoxy) is 2. The maximum Gasteiger partial charge on any atom is 0.415 e. The molecule has 0 radical (unpaired) electrons. The number of hydrogen-bond acceptors (Lipinski definition) is 11. The fourth-order valence-electron chi connectivity index (χ4n) is 10.3. The number of nitrogens with one attached hydrogen (secondary N) is 2. The number of rotatable bonds is 16. The van der Waals surface area contributed by atoms with E-state index >= 15 is 0 Å². The Kier molecular flexibility index (Phi) is 26.7. The largest absolute Gasteiger partial charge is 0.443 e. The molecule has 19 heteroatoms. The molecule has 0 saturated heterocycles. The van der Waals surface area contributed by atoms with E-state index in [0.29, 0.717) is 42.6 Å². The minimum Gasteiger partial charge on any atom is -0.443 e. The van der Waals surface area contributed by atoms with Crippen molar-refractivity contribution in [2.75, 3.05) is 31.9 Å². The molecule has 0 bridgehead atoms. The van der Waals surface area contributed by atoms with Crippen LogP contribution in [0.1, 0.15) is 125 Å². The summed E-state index contributed by atoms with van der Waals surface area (Å²) in [4.78, 5) is 58.8. The van der Waals surface area contributed by atoms with Gasteiger partial charge in [-0.15, -0.1) is 0 Å². The summed E-state index contributed by atoms with van der Waals surface area (Å²) < 4.78 is 51.0. The first-order chi connectivity index (χ1) is 47.3. The lowest BCUT2D eigenvalue weighted by Crippen LogP contribution is -2.45. The predicted octanol–water partition coefficient (Wildman–Crippen LogP) is 19.4. The van der Waals surface area contributed by atoms with E-state index in [9.17, 15) is 27.6 Å². The maximum absolute atomic E-state index is 13.9. The summed E-state index contributed by atoms with van der Waals surface area (Å²) in [5.41, 5.74) is 14.6. The molecule has 7 aromatic carbocycles. The van der Waals surface area contributed by atoms with Gasteiger partial charge in [-0.25, -0.2) is 42.5 Å². The van der Waals surface area contributed by atoms with Crippen LogP contribution in [0.4, 0.5) is 56.3 Å². The summed E-state index contributed by atoms with van der Waals surface area (Å²) in [6, 6.07) is 67.5. The lowest BCUT2D eigenvalue weighted by atomic mass is 10.0. The number of carbonyl (C=O) groups is 3. The lowest BCUT2D eigenvalue weighted by molar-refractivity contribution is 0.0566. The molecule has 1 aliphatic rings. The molecule has 3 aromatic heterocycles.